The number of hydrogen-bond donors (Lipinski definition) is 4. The van der Waals surface area contributed by atoms with Gasteiger partial charge in [0.1, 0.15) is 23.8 Å². The lowest BCUT2D eigenvalue weighted by Gasteiger charge is -2.34. The average molecular weight is 747 g/mol. The molecule has 3 aromatic carbocycles. The lowest BCUT2D eigenvalue weighted by atomic mass is 9.92. The SMILES string of the molecule is CCOC(=O)C[C@H](NC(=O)C(N/C=C(/CCN1CC(F)C1)CC(O)F)c1cc(Br)ccc1C)c1cc(-c2c(C)cccc2O)cc(C)c1F. The van der Waals surface area contributed by atoms with Crippen LogP contribution < -0.4 is 10.6 Å². The van der Waals surface area contributed by atoms with Crippen molar-refractivity contribution < 1.29 is 37.7 Å². The number of benzene rings is 3. The molecule has 1 fully saturated rings. The van der Waals surface area contributed by atoms with E-state index in [0.29, 0.717) is 39.7 Å². The molecule has 0 radical (unpaired) electrons. The number of ether oxygens (including phenoxy) is 1. The van der Waals surface area contributed by atoms with Crippen LogP contribution in [0.5, 0.6) is 5.75 Å². The Bertz CT molecular complexity index is 1660. The van der Waals surface area contributed by atoms with Crippen molar-refractivity contribution in [1.82, 2.24) is 15.5 Å². The zero-order chi connectivity index (χ0) is 35.8. The molecule has 3 atom stereocenters. The fourth-order valence-corrected chi connectivity index (χ4v) is 6.35. The number of rotatable bonds is 15. The Kier molecular flexibility index (Phi) is 13.3. The van der Waals surface area contributed by atoms with Crippen LogP contribution in [0.3, 0.4) is 0 Å². The van der Waals surface area contributed by atoms with Crippen LogP contribution >= 0.6 is 15.9 Å². The number of phenolic OH excluding ortho intramolecular Hbond substituents is 1. The minimum Gasteiger partial charge on any atom is -0.507 e. The molecule has 49 heavy (non-hydrogen) atoms. The van der Waals surface area contributed by atoms with Crippen LogP contribution in [0, 0.1) is 26.6 Å². The predicted octanol–water partition coefficient (Wildman–Crippen LogP) is 6.93. The van der Waals surface area contributed by atoms with Gasteiger partial charge in [0.2, 0.25) is 5.91 Å². The molecule has 0 spiro atoms. The molecule has 0 bridgehead atoms. The van der Waals surface area contributed by atoms with Gasteiger partial charge in [-0.2, -0.15) is 0 Å². The number of aliphatic hydroxyl groups excluding tert-OH is 1. The molecular weight excluding hydrogens is 703 g/mol. The van der Waals surface area contributed by atoms with Crippen LogP contribution in [-0.2, 0) is 14.3 Å². The molecule has 0 saturated carbocycles. The van der Waals surface area contributed by atoms with Gasteiger partial charge in [-0.1, -0.05) is 34.1 Å². The van der Waals surface area contributed by atoms with Crippen molar-refractivity contribution in [2.24, 2.45) is 0 Å². The number of hydrogen-bond acceptors (Lipinski definition) is 7. The fraction of sp³-hybridized carbons (Fsp3) is 0.405. The summed E-state index contributed by atoms with van der Waals surface area (Å²) in [6.45, 7) is 7.92. The smallest absolute Gasteiger partial charge is 0.308 e. The molecular formula is C37H43BrF3N3O5. The number of aliphatic hydroxyl groups is 1. The number of carbonyl (C=O) groups is 2. The molecule has 264 valence electrons. The lowest BCUT2D eigenvalue weighted by Crippen LogP contribution is -2.48. The number of aromatic hydroxyl groups is 1. The van der Waals surface area contributed by atoms with Crippen LogP contribution in [0.2, 0.25) is 0 Å². The van der Waals surface area contributed by atoms with Gasteiger partial charge in [-0.15, -0.1) is 0 Å². The average Bonchev–Trinajstić information content (AvgIpc) is 3.01. The Morgan fingerprint density at radius 2 is 1.80 bits per heavy atom. The van der Waals surface area contributed by atoms with E-state index in [-0.39, 0.29) is 49.4 Å². The molecule has 1 aliphatic heterocycles. The van der Waals surface area contributed by atoms with Crippen LogP contribution in [-0.4, -0.2) is 65.8 Å². The summed E-state index contributed by atoms with van der Waals surface area (Å²) in [5.41, 5.74) is 3.78. The third kappa shape index (κ3) is 10.1. The zero-order valence-corrected chi connectivity index (χ0v) is 29.6. The summed E-state index contributed by atoms with van der Waals surface area (Å²) in [4.78, 5) is 29.0. The summed E-state index contributed by atoms with van der Waals surface area (Å²) in [7, 11) is 0. The van der Waals surface area contributed by atoms with Gasteiger partial charge >= 0.3 is 5.97 Å². The molecule has 0 aliphatic carbocycles. The van der Waals surface area contributed by atoms with E-state index < -0.39 is 42.3 Å². The summed E-state index contributed by atoms with van der Waals surface area (Å²) in [6, 6.07) is 11.2. The summed E-state index contributed by atoms with van der Waals surface area (Å²) in [5, 5.41) is 26.2. The highest BCUT2D eigenvalue weighted by molar-refractivity contribution is 9.10. The summed E-state index contributed by atoms with van der Waals surface area (Å²) >= 11 is 3.46. The molecule has 4 N–H and O–H groups in total. The number of phenols is 1. The van der Waals surface area contributed by atoms with Gasteiger partial charge in [-0.05, 0) is 104 Å². The number of carbonyl (C=O) groups excluding carboxylic acids is 2. The molecule has 4 rings (SSSR count). The van der Waals surface area contributed by atoms with Crippen molar-refractivity contribution >= 4 is 27.8 Å². The van der Waals surface area contributed by atoms with E-state index in [1.165, 1.54) is 18.3 Å². The Labute approximate surface area is 293 Å². The van der Waals surface area contributed by atoms with Crippen molar-refractivity contribution in [3.8, 4) is 16.9 Å². The lowest BCUT2D eigenvalue weighted by molar-refractivity contribution is -0.143. The topological polar surface area (TPSA) is 111 Å². The Hall–Kier alpha value is -3.87. The Morgan fingerprint density at radius 3 is 2.45 bits per heavy atom. The molecule has 1 heterocycles. The van der Waals surface area contributed by atoms with Crippen LogP contribution in [0.4, 0.5) is 13.2 Å². The van der Waals surface area contributed by atoms with E-state index in [2.05, 4.69) is 26.6 Å². The van der Waals surface area contributed by atoms with Crippen molar-refractivity contribution in [3.63, 3.8) is 0 Å². The van der Waals surface area contributed by atoms with E-state index in [4.69, 9.17) is 4.74 Å². The van der Waals surface area contributed by atoms with Crippen LogP contribution in [0.15, 0.2) is 64.8 Å². The van der Waals surface area contributed by atoms with Gasteiger partial charge in [0.05, 0.1) is 19.1 Å². The van der Waals surface area contributed by atoms with E-state index in [1.807, 2.05) is 36.9 Å². The highest BCUT2D eigenvalue weighted by atomic mass is 79.9. The molecule has 3 aromatic rings. The summed E-state index contributed by atoms with van der Waals surface area (Å²) in [5.74, 6) is -1.90. The van der Waals surface area contributed by atoms with Crippen molar-refractivity contribution in [3.05, 3.63) is 98.4 Å². The molecule has 1 aliphatic rings. The Balaban J connectivity index is 1.74. The van der Waals surface area contributed by atoms with Crippen LogP contribution in [0.1, 0.15) is 66.1 Å². The fourth-order valence-electron chi connectivity index (χ4n) is 5.97. The maximum atomic E-state index is 16.0. The van der Waals surface area contributed by atoms with E-state index in [1.54, 1.807) is 32.0 Å². The summed E-state index contributed by atoms with van der Waals surface area (Å²) < 4.78 is 49.0. The second kappa shape index (κ2) is 17.2. The second-order valence-electron chi connectivity index (χ2n) is 12.4. The first-order valence-electron chi connectivity index (χ1n) is 16.2. The maximum absolute atomic E-state index is 16.0. The van der Waals surface area contributed by atoms with E-state index >= 15 is 4.39 Å². The number of nitrogens with zero attached hydrogens (tertiary/aromatic N) is 1. The van der Waals surface area contributed by atoms with E-state index in [9.17, 15) is 28.6 Å². The number of aryl methyl sites for hydroxylation is 3. The van der Waals surface area contributed by atoms with Crippen molar-refractivity contribution in [2.75, 3.05) is 26.2 Å². The quantitative estimate of drug-likeness (QED) is 0.125. The van der Waals surface area contributed by atoms with E-state index in [0.717, 1.165) is 11.1 Å². The number of alkyl halides is 2. The minimum absolute atomic E-state index is 0.00283. The highest BCUT2D eigenvalue weighted by Crippen LogP contribution is 2.36. The molecule has 0 aromatic heterocycles. The van der Waals surface area contributed by atoms with Crippen molar-refractivity contribution in [1.29, 1.82) is 0 Å². The van der Waals surface area contributed by atoms with Gasteiger partial charge in [0.25, 0.3) is 0 Å². The largest absolute Gasteiger partial charge is 0.507 e. The zero-order valence-electron chi connectivity index (χ0n) is 28.0. The van der Waals surface area contributed by atoms with Gasteiger partial charge in [-0.25, -0.2) is 13.2 Å². The molecule has 1 saturated heterocycles. The van der Waals surface area contributed by atoms with Gasteiger partial charge < -0.3 is 25.6 Å². The first-order valence-corrected chi connectivity index (χ1v) is 17.0. The molecule has 8 nitrogen and oxygen atoms in total. The summed E-state index contributed by atoms with van der Waals surface area (Å²) in [6.07, 6.45) is -1.94. The van der Waals surface area contributed by atoms with Gasteiger partial charge in [-0.3, -0.25) is 14.5 Å². The normalized spacial score (nSPS) is 15.7. The number of nitrogens with one attached hydrogen (secondary N) is 2. The predicted molar refractivity (Wildman–Crippen MR) is 186 cm³/mol. The number of esters is 1. The first-order chi connectivity index (χ1) is 23.3. The monoisotopic (exact) mass is 745 g/mol. The minimum atomic E-state index is -2.14. The second-order valence-corrected chi connectivity index (χ2v) is 13.3. The molecule has 12 heteroatoms. The van der Waals surface area contributed by atoms with Crippen LogP contribution in [0.25, 0.3) is 11.1 Å². The van der Waals surface area contributed by atoms with Crippen molar-refractivity contribution in [2.45, 2.75) is 71.6 Å². The van der Waals surface area contributed by atoms with Gasteiger partial charge in [0, 0.05) is 41.7 Å². The first kappa shape index (κ1) is 37.9. The Morgan fingerprint density at radius 1 is 1.06 bits per heavy atom. The van der Waals surface area contributed by atoms with Gasteiger partial charge in [0.15, 0.2) is 6.36 Å². The third-order valence-electron chi connectivity index (χ3n) is 8.55. The molecule has 1 amide bonds. The number of halogens is 4. The standard InChI is InChI=1S/C37H43BrF3N3O5/c1-5-49-33(47)17-30(29-15-25(13-23(4)35(29)41)34-22(3)7-6-8-31(34)45)43-37(48)36(28-16-26(38)10-9-21(28)2)42-18-24(14-32(40)46)11-12-44-19-27(39)20-44/h6-10,13,15-16,18,27,30,32,36,42,45-46H,5,11-12,14,17,19-20H2,1-4H3,(H,43,48)/b24-18-/t30-,32?,36?/m0/s1. The maximum Gasteiger partial charge on any atom is 0.308 e. The number of likely N-dealkylation sites (tertiary alicyclic amines) is 1. The number of amides is 1. The third-order valence-corrected chi connectivity index (χ3v) is 9.04. The molecule has 2 unspecified atom stereocenters. The highest BCUT2D eigenvalue weighted by Gasteiger charge is 2.30.